The number of furan rings is 1. The highest BCUT2D eigenvalue weighted by molar-refractivity contribution is 7.80. The maximum absolute atomic E-state index is 11.9. The summed E-state index contributed by atoms with van der Waals surface area (Å²) in [6, 6.07) is 6.81. The number of carbonyl (C=O) groups is 1. The molecule has 0 fully saturated rings. The van der Waals surface area contributed by atoms with Crippen LogP contribution in [0.25, 0.3) is 0 Å². The van der Waals surface area contributed by atoms with Gasteiger partial charge in [-0.2, -0.15) is 0 Å². The van der Waals surface area contributed by atoms with Gasteiger partial charge in [-0.3, -0.25) is 4.79 Å². The van der Waals surface area contributed by atoms with E-state index in [9.17, 15) is 4.79 Å². The van der Waals surface area contributed by atoms with E-state index in [2.05, 4.69) is 17.9 Å². The number of thiol groups is 1. The van der Waals surface area contributed by atoms with Crippen LogP contribution in [0.1, 0.15) is 15.9 Å². The van der Waals surface area contributed by atoms with Crippen molar-refractivity contribution in [2.24, 2.45) is 0 Å². The molecule has 0 saturated heterocycles. The fourth-order valence-corrected chi connectivity index (χ4v) is 1.77. The van der Waals surface area contributed by atoms with E-state index in [0.29, 0.717) is 22.0 Å². The largest absolute Gasteiger partial charge is 0.472 e. The molecule has 1 heterocycles. The third kappa shape index (κ3) is 3.05. The van der Waals surface area contributed by atoms with Crippen LogP contribution in [0.3, 0.4) is 0 Å². The summed E-state index contributed by atoms with van der Waals surface area (Å²) in [6.07, 6.45) is 3.14. The molecule has 0 atom stereocenters. The fourth-order valence-electron chi connectivity index (χ4n) is 1.36. The van der Waals surface area contributed by atoms with Crippen molar-refractivity contribution in [2.75, 3.05) is 0 Å². The molecular weight excluding hydrogens is 258 g/mol. The zero-order valence-corrected chi connectivity index (χ0v) is 10.5. The number of nitrogens with one attached hydrogen (secondary N) is 1. The summed E-state index contributed by atoms with van der Waals surface area (Å²) in [6.45, 7) is 0.405. The number of amides is 1. The van der Waals surface area contributed by atoms with Crippen LogP contribution in [0.4, 0.5) is 0 Å². The van der Waals surface area contributed by atoms with E-state index < -0.39 is 0 Å². The first-order chi connectivity index (χ1) is 8.16. The molecule has 0 bridgehead atoms. The Labute approximate surface area is 109 Å². The van der Waals surface area contributed by atoms with E-state index in [0.717, 1.165) is 5.56 Å². The molecule has 2 rings (SSSR count). The Balaban J connectivity index is 2.07. The Morgan fingerprint density at radius 2 is 2.24 bits per heavy atom. The molecule has 88 valence electrons. The molecular formula is C12H10ClNO2S. The normalized spacial score (nSPS) is 10.2. The van der Waals surface area contributed by atoms with Crippen molar-refractivity contribution in [3.05, 3.63) is 52.9 Å². The summed E-state index contributed by atoms with van der Waals surface area (Å²) < 4.78 is 4.91. The van der Waals surface area contributed by atoms with Crippen molar-refractivity contribution in [3.63, 3.8) is 0 Å². The molecule has 3 nitrogen and oxygen atoms in total. The maximum atomic E-state index is 11.9. The van der Waals surface area contributed by atoms with Gasteiger partial charge in [-0.05, 0) is 24.3 Å². The van der Waals surface area contributed by atoms with Crippen molar-refractivity contribution in [1.29, 1.82) is 0 Å². The lowest BCUT2D eigenvalue weighted by Gasteiger charge is -2.06. The number of carbonyl (C=O) groups excluding carboxylic acids is 1. The lowest BCUT2D eigenvalue weighted by atomic mass is 10.2. The van der Waals surface area contributed by atoms with Crippen LogP contribution in [0.5, 0.6) is 0 Å². The molecule has 0 aliphatic carbocycles. The molecule has 1 N–H and O–H groups in total. The second-order valence-electron chi connectivity index (χ2n) is 3.48. The lowest BCUT2D eigenvalue weighted by molar-refractivity contribution is 0.0951. The second-order valence-corrected chi connectivity index (χ2v) is 4.40. The van der Waals surface area contributed by atoms with Crippen LogP contribution in [-0.4, -0.2) is 5.91 Å². The Bertz CT molecular complexity index is 525. The fraction of sp³-hybridized carbons (Fsp3) is 0.0833. The molecule has 0 spiro atoms. The Hall–Kier alpha value is -1.39. The summed E-state index contributed by atoms with van der Waals surface area (Å²) in [5.74, 6) is -0.230. The Morgan fingerprint density at radius 1 is 1.41 bits per heavy atom. The van der Waals surface area contributed by atoms with E-state index in [1.807, 2.05) is 0 Å². The van der Waals surface area contributed by atoms with Gasteiger partial charge in [0.05, 0.1) is 23.1 Å². The molecule has 17 heavy (non-hydrogen) atoms. The average Bonchev–Trinajstić information content (AvgIpc) is 2.82. The van der Waals surface area contributed by atoms with Gasteiger partial charge in [0.15, 0.2) is 0 Å². The summed E-state index contributed by atoms with van der Waals surface area (Å²) in [5, 5.41) is 3.16. The molecule has 0 radical (unpaired) electrons. The SMILES string of the molecule is O=C(NCc1ccoc1)c1cc(S)ccc1Cl. The molecule has 0 unspecified atom stereocenters. The highest BCUT2D eigenvalue weighted by Gasteiger charge is 2.10. The standard InChI is InChI=1S/C12H10ClNO2S/c13-11-2-1-9(17)5-10(11)12(15)14-6-8-3-4-16-7-8/h1-5,7,17H,6H2,(H,14,15). The van der Waals surface area contributed by atoms with Crippen molar-refractivity contribution in [2.45, 2.75) is 11.4 Å². The van der Waals surface area contributed by atoms with Gasteiger partial charge in [-0.15, -0.1) is 12.6 Å². The molecule has 1 amide bonds. The number of benzene rings is 1. The number of hydrogen-bond donors (Lipinski definition) is 2. The summed E-state index contributed by atoms with van der Waals surface area (Å²) >= 11 is 10.1. The van der Waals surface area contributed by atoms with Crippen molar-refractivity contribution >= 4 is 30.1 Å². The molecule has 0 saturated carbocycles. The smallest absolute Gasteiger partial charge is 0.253 e. The van der Waals surface area contributed by atoms with Gasteiger partial charge in [0.25, 0.3) is 5.91 Å². The summed E-state index contributed by atoms with van der Waals surface area (Å²) in [7, 11) is 0. The quantitative estimate of drug-likeness (QED) is 0.839. The zero-order chi connectivity index (χ0) is 12.3. The van der Waals surface area contributed by atoms with Gasteiger partial charge >= 0.3 is 0 Å². The number of halogens is 1. The van der Waals surface area contributed by atoms with Crippen LogP contribution in [-0.2, 0) is 6.54 Å². The highest BCUT2D eigenvalue weighted by atomic mass is 35.5. The zero-order valence-electron chi connectivity index (χ0n) is 8.81. The van der Waals surface area contributed by atoms with Crippen LogP contribution >= 0.6 is 24.2 Å². The minimum atomic E-state index is -0.230. The van der Waals surface area contributed by atoms with E-state index >= 15 is 0 Å². The third-order valence-electron chi connectivity index (χ3n) is 2.23. The maximum Gasteiger partial charge on any atom is 0.253 e. The van der Waals surface area contributed by atoms with Crippen LogP contribution < -0.4 is 5.32 Å². The van der Waals surface area contributed by atoms with E-state index in [1.54, 1.807) is 36.8 Å². The Kier molecular flexibility index (Phi) is 3.76. The molecule has 0 aliphatic heterocycles. The van der Waals surface area contributed by atoms with Crippen molar-refractivity contribution in [1.82, 2.24) is 5.32 Å². The predicted molar refractivity (Wildman–Crippen MR) is 68.6 cm³/mol. The number of rotatable bonds is 3. The van der Waals surface area contributed by atoms with E-state index in [1.165, 1.54) is 0 Å². The lowest BCUT2D eigenvalue weighted by Crippen LogP contribution is -2.22. The van der Waals surface area contributed by atoms with Gasteiger partial charge in [-0.25, -0.2) is 0 Å². The number of hydrogen-bond acceptors (Lipinski definition) is 3. The van der Waals surface area contributed by atoms with Crippen molar-refractivity contribution < 1.29 is 9.21 Å². The molecule has 2 aromatic rings. The second kappa shape index (κ2) is 5.29. The van der Waals surface area contributed by atoms with Crippen LogP contribution in [0.15, 0.2) is 46.1 Å². The topological polar surface area (TPSA) is 42.2 Å². The molecule has 5 heteroatoms. The minimum absolute atomic E-state index is 0.230. The van der Waals surface area contributed by atoms with Gasteiger partial charge in [0.1, 0.15) is 0 Å². The highest BCUT2D eigenvalue weighted by Crippen LogP contribution is 2.19. The van der Waals surface area contributed by atoms with E-state index in [-0.39, 0.29) is 5.91 Å². The van der Waals surface area contributed by atoms with Gasteiger partial charge in [-0.1, -0.05) is 11.6 Å². The minimum Gasteiger partial charge on any atom is -0.472 e. The third-order valence-corrected chi connectivity index (χ3v) is 2.84. The Morgan fingerprint density at radius 3 is 2.94 bits per heavy atom. The first kappa shape index (κ1) is 12.1. The van der Waals surface area contributed by atoms with Gasteiger partial charge < -0.3 is 9.73 Å². The van der Waals surface area contributed by atoms with Crippen LogP contribution in [0.2, 0.25) is 5.02 Å². The van der Waals surface area contributed by atoms with Crippen LogP contribution in [0, 0.1) is 0 Å². The summed E-state index contributed by atoms with van der Waals surface area (Å²) in [4.78, 5) is 12.5. The average molecular weight is 268 g/mol. The van der Waals surface area contributed by atoms with Gasteiger partial charge in [0.2, 0.25) is 0 Å². The molecule has 0 aliphatic rings. The molecule has 1 aromatic carbocycles. The van der Waals surface area contributed by atoms with Gasteiger partial charge in [0, 0.05) is 17.0 Å². The predicted octanol–water partition coefficient (Wildman–Crippen LogP) is 3.15. The monoisotopic (exact) mass is 267 g/mol. The van der Waals surface area contributed by atoms with Crippen molar-refractivity contribution in [3.8, 4) is 0 Å². The first-order valence-corrected chi connectivity index (χ1v) is 5.77. The summed E-state index contributed by atoms with van der Waals surface area (Å²) in [5.41, 5.74) is 1.32. The first-order valence-electron chi connectivity index (χ1n) is 4.94. The van der Waals surface area contributed by atoms with E-state index in [4.69, 9.17) is 16.0 Å². The molecule has 1 aromatic heterocycles.